The van der Waals surface area contributed by atoms with Gasteiger partial charge in [0.05, 0.1) is 31.0 Å². The van der Waals surface area contributed by atoms with E-state index in [2.05, 4.69) is 9.88 Å². The Hall–Kier alpha value is -3.45. The fraction of sp³-hybridized carbons (Fsp3) is 0.130. The zero-order chi connectivity index (χ0) is 20.9. The van der Waals surface area contributed by atoms with Crippen molar-refractivity contribution < 1.29 is 14.3 Å². The lowest BCUT2D eigenvalue weighted by Crippen LogP contribution is -2.14. The summed E-state index contributed by atoms with van der Waals surface area (Å²) in [5.74, 6) is 1.68. The summed E-state index contributed by atoms with van der Waals surface area (Å²) in [5.41, 5.74) is 3.56. The van der Waals surface area contributed by atoms with E-state index >= 15 is 0 Å². The fourth-order valence-electron chi connectivity index (χ4n) is 3.08. The number of thioether (sulfide) groups is 1. The van der Waals surface area contributed by atoms with Gasteiger partial charge in [0.25, 0.3) is 0 Å². The summed E-state index contributed by atoms with van der Waals surface area (Å²) in [6, 6.07) is 23.0. The molecule has 0 bridgehead atoms. The van der Waals surface area contributed by atoms with Crippen LogP contribution in [-0.2, 0) is 4.79 Å². The SMILES string of the molecule is COc1ccc(NC(=O)CSc2nc3ccccc3n2-c2ccc(OC)cc2)cc1. The molecule has 0 atom stereocenters. The first kappa shape index (κ1) is 19.8. The molecule has 0 aliphatic heterocycles. The van der Waals surface area contributed by atoms with Crippen molar-refractivity contribution in [3.05, 3.63) is 72.8 Å². The molecule has 30 heavy (non-hydrogen) atoms. The van der Waals surface area contributed by atoms with Crippen molar-refractivity contribution in [2.45, 2.75) is 5.16 Å². The largest absolute Gasteiger partial charge is 0.497 e. The van der Waals surface area contributed by atoms with Crippen LogP contribution < -0.4 is 14.8 Å². The van der Waals surface area contributed by atoms with E-state index in [1.165, 1.54) is 11.8 Å². The summed E-state index contributed by atoms with van der Waals surface area (Å²) in [6.45, 7) is 0. The number of fused-ring (bicyclic) bond motifs is 1. The summed E-state index contributed by atoms with van der Waals surface area (Å²) in [7, 11) is 3.25. The van der Waals surface area contributed by atoms with E-state index in [1.807, 2.05) is 72.8 Å². The fourth-order valence-corrected chi connectivity index (χ4v) is 3.91. The average molecular weight is 420 g/mol. The minimum absolute atomic E-state index is 0.0986. The first-order chi connectivity index (χ1) is 14.7. The van der Waals surface area contributed by atoms with E-state index in [4.69, 9.17) is 14.5 Å². The lowest BCUT2D eigenvalue weighted by Gasteiger charge is -2.10. The minimum Gasteiger partial charge on any atom is -0.497 e. The number of aromatic nitrogens is 2. The monoisotopic (exact) mass is 419 g/mol. The maximum Gasteiger partial charge on any atom is 0.234 e. The van der Waals surface area contributed by atoms with E-state index in [9.17, 15) is 4.79 Å². The van der Waals surface area contributed by atoms with Crippen LogP contribution in [0.5, 0.6) is 11.5 Å². The third-order valence-electron chi connectivity index (χ3n) is 4.57. The molecule has 1 heterocycles. The smallest absolute Gasteiger partial charge is 0.234 e. The summed E-state index contributed by atoms with van der Waals surface area (Å²) in [4.78, 5) is 17.2. The molecular weight excluding hydrogens is 398 g/mol. The molecular formula is C23H21N3O3S. The van der Waals surface area contributed by atoms with Crippen molar-refractivity contribution in [3.8, 4) is 17.2 Å². The Morgan fingerprint density at radius 3 is 2.23 bits per heavy atom. The number of ether oxygens (including phenoxy) is 2. The molecule has 0 saturated heterocycles. The number of methoxy groups -OCH3 is 2. The number of carbonyl (C=O) groups is 1. The van der Waals surface area contributed by atoms with Gasteiger partial charge in [-0.05, 0) is 60.7 Å². The third-order valence-corrected chi connectivity index (χ3v) is 5.51. The van der Waals surface area contributed by atoms with Crippen LogP contribution >= 0.6 is 11.8 Å². The third kappa shape index (κ3) is 4.26. The van der Waals surface area contributed by atoms with Gasteiger partial charge in [0, 0.05) is 11.4 Å². The Balaban J connectivity index is 1.55. The highest BCUT2D eigenvalue weighted by Crippen LogP contribution is 2.29. The Morgan fingerprint density at radius 2 is 1.57 bits per heavy atom. The maximum absolute atomic E-state index is 12.5. The number of hydrogen-bond acceptors (Lipinski definition) is 5. The molecule has 7 heteroatoms. The van der Waals surface area contributed by atoms with Crippen molar-refractivity contribution >= 4 is 34.4 Å². The van der Waals surface area contributed by atoms with Crippen LogP contribution in [-0.4, -0.2) is 35.4 Å². The molecule has 152 valence electrons. The highest BCUT2D eigenvalue weighted by Gasteiger charge is 2.14. The molecule has 0 saturated carbocycles. The van der Waals surface area contributed by atoms with E-state index in [-0.39, 0.29) is 11.7 Å². The van der Waals surface area contributed by atoms with Gasteiger partial charge in [-0.2, -0.15) is 0 Å². The van der Waals surface area contributed by atoms with Crippen molar-refractivity contribution in [2.24, 2.45) is 0 Å². The van der Waals surface area contributed by atoms with Crippen LogP contribution in [0.4, 0.5) is 5.69 Å². The molecule has 1 amide bonds. The van der Waals surface area contributed by atoms with Gasteiger partial charge in [-0.15, -0.1) is 0 Å². The normalized spacial score (nSPS) is 10.7. The number of hydrogen-bond donors (Lipinski definition) is 1. The number of nitrogens with zero attached hydrogens (tertiary/aromatic N) is 2. The van der Waals surface area contributed by atoms with Gasteiger partial charge in [-0.1, -0.05) is 23.9 Å². The molecule has 0 unspecified atom stereocenters. The number of rotatable bonds is 7. The second-order valence-corrected chi connectivity index (χ2v) is 7.42. The molecule has 0 radical (unpaired) electrons. The molecule has 0 spiro atoms. The molecule has 3 aromatic carbocycles. The second-order valence-electron chi connectivity index (χ2n) is 6.48. The molecule has 0 fully saturated rings. The molecule has 6 nitrogen and oxygen atoms in total. The molecule has 0 aliphatic carbocycles. The number of para-hydroxylation sites is 2. The Kier molecular flexibility index (Phi) is 5.90. The van der Waals surface area contributed by atoms with Crippen LogP contribution in [0.1, 0.15) is 0 Å². The summed E-state index contributed by atoms with van der Waals surface area (Å²) in [5, 5.41) is 3.66. The predicted molar refractivity (Wildman–Crippen MR) is 120 cm³/mol. The van der Waals surface area contributed by atoms with E-state index < -0.39 is 0 Å². The van der Waals surface area contributed by atoms with Gasteiger partial charge in [0.2, 0.25) is 5.91 Å². The maximum atomic E-state index is 12.5. The number of benzene rings is 3. The van der Waals surface area contributed by atoms with Crippen molar-refractivity contribution in [3.63, 3.8) is 0 Å². The van der Waals surface area contributed by atoms with Gasteiger partial charge >= 0.3 is 0 Å². The average Bonchev–Trinajstić information content (AvgIpc) is 3.16. The van der Waals surface area contributed by atoms with Gasteiger partial charge in [-0.25, -0.2) is 4.98 Å². The zero-order valence-electron chi connectivity index (χ0n) is 16.7. The van der Waals surface area contributed by atoms with Crippen LogP contribution in [0.3, 0.4) is 0 Å². The van der Waals surface area contributed by atoms with Crippen LogP contribution in [0.2, 0.25) is 0 Å². The number of anilines is 1. The Morgan fingerprint density at radius 1 is 0.933 bits per heavy atom. The highest BCUT2D eigenvalue weighted by molar-refractivity contribution is 7.99. The number of nitrogens with one attached hydrogen (secondary N) is 1. The minimum atomic E-state index is -0.0986. The van der Waals surface area contributed by atoms with E-state index in [1.54, 1.807) is 14.2 Å². The highest BCUT2D eigenvalue weighted by atomic mass is 32.2. The number of imidazole rings is 1. The number of carbonyl (C=O) groups excluding carboxylic acids is 1. The van der Waals surface area contributed by atoms with Gasteiger partial charge < -0.3 is 14.8 Å². The zero-order valence-corrected chi connectivity index (χ0v) is 17.5. The Labute approximate surface area is 178 Å². The van der Waals surface area contributed by atoms with E-state index in [0.29, 0.717) is 0 Å². The van der Waals surface area contributed by atoms with Crippen molar-refractivity contribution in [2.75, 3.05) is 25.3 Å². The summed E-state index contributed by atoms with van der Waals surface area (Å²) >= 11 is 1.40. The molecule has 0 aliphatic rings. The lowest BCUT2D eigenvalue weighted by atomic mass is 10.2. The second kappa shape index (κ2) is 8.92. The van der Waals surface area contributed by atoms with Gasteiger partial charge in [0.15, 0.2) is 5.16 Å². The van der Waals surface area contributed by atoms with Gasteiger partial charge in [-0.3, -0.25) is 9.36 Å². The summed E-state index contributed by atoms with van der Waals surface area (Å²) in [6.07, 6.45) is 0. The standard InChI is InChI=1S/C23H21N3O3S/c1-28-18-11-7-16(8-12-18)24-22(27)15-30-23-25-20-5-3-4-6-21(20)26(23)17-9-13-19(29-2)14-10-17/h3-14H,15H2,1-2H3,(H,24,27). The molecule has 1 aromatic heterocycles. The van der Waals surface area contributed by atoms with Crippen LogP contribution in [0.25, 0.3) is 16.7 Å². The lowest BCUT2D eigenvalue weighted by molar-refractivity contribution is -0.113. The first-order valence-corrected chi connectivity index (χ1v) is 10.3. The van der Waals surface area contributed by atoms with Gasteiger partial charge in [0.1, 0.15) is 11.5 Å². The van der Waals surface area contributed by atoms with Crippen LogP contribution in [0, 0.1) is 0 Å². The van der Waals surface area contributed by atoms with Crippen molar-refractivity contribution in [1.29, 1.82) is 0 Å². The first-order valence-electron chi connectivity index (χ1n) is 9.36. The van der Waals surface area contributed by atoms with Crippen LogP contribution in [0.15, 0.2) is 78.0 Å². The van der Waals surface area contributed by atoms with Crippen molar-refractivity contribution in [1.82, 2.24) is 9.55 Å². The molecule has 4 rings (SSSR count). The topological polar surface area (TPSA) is 65.4 Å². The quantitative estimate of drug-likeness (QED) is 0.437. The Bertz CT molecular complexity index is 1150. The van der Waals surface area contributed by atoms with E-state index in [0.717, 1.165) is 39.1 Å². The molecule has 4 aromatic rings. The summed E-state index contributed by atoms with van der Waals surface area (Å²) < 4.78 is 12.5. The molecule has 1 N–H and O–H groups in total. The predicted octanol–water partition coefficient (Wildman–Crippen LogP) is 4.77. The number of amides is 1.